The van der Waals surface area contributed by atoms with Crippen LogP contribution in [0.4, 0.5) is 0 Å². The van der Waals surface area contributed by atoms with Gasteiger partial charge in [0.1, 0.15) is 12.7 Å². The molecule has 0 fully saturated rings. The number of hydrogen-bond acceptors (Lipinski definition) is 3. The fourth-order valence-corrected chi connectivity index (χ4v) is 1.30. The maximum atomic E-state index is 4.12. The van der Waals surface area contributed by atoms with Gasteiger partial charge in [0, 0.05) is 6.54 Å². The van der Waals surface area contributed by atoms with Crippen LogP contribution in [0, 0.1) is 0 Å². The Kier molecular flexibility index (Phi) is 3.73. The van der Waals surface area contributed by atoms with Crippen molar-refractivity contribution in [2.45, 2.75) is 25.8 Å². The molecular weight excluding hydrogens is 152 g/mol. The Morgan fingerprint density at radius 2 is 2.42 bits per heavy atom. The minimum atomic E-state index is 0.447. The molecule has 4 nitrogen and oxygen atoms in total. The van der Waals surface area contributed by atoms with Gasteiger partial charge in [0.05, 0.1) is 6.04 Å². The van der Waals surface area contributed by atoms with E-state index in [-0.39, 0.29) is 0 Å². The molecule has 0 aliphatic rings. The molecule has 1 N–H and O–H groups in total. The van der Waals surface area contributed by atoms with E-state index in [2.05, 4.69) is 22.3 Å². The van der Waals surface area contributed by atoms with Gasteiger partial charge in [-0.1, -0.05) is 13.3 Å². The van der Waals surface area contributed by atoms with Gasteiger partial charge in [-0.25, -0.2) is 9.67 Å². The molecule has 1 unspecified atom stereocenters. The van der Waals surface area contributed by atoms with Crippen molar-refractivity contribution in [1.29, 1.82) is 0 Å². The first-order valence-corrected chi connectivity index (χ1v) is 4.37. The Balaban J connectivity index is 2.53. The zero-order valence-electron chi connectivity index (χ0n) is 7.70. The highest BCUT2D eigenvalue weighted by Crippen LogP contribution is 2.09. The van der Waals surface area contributed by atoms with E-state index in [1.807, 2.05) is 11.7 Å². The van der Waals surface area contributed by atoms with Gasteiger partial charge in [-0.3, -0.25) is 0 Å². The van der Waals surface area contributed by atoms with Crippen molar-refractivity contribution in [2.24, 2.45) is 0 Å². The molecule has 1 aromatic rings. The Hall–Kier alpha value is -0.900. The van der Waals surface area contributed by atoms with E-state index in [1.54, 1.807) is 12.7 Å². The van der Waals surface area contributed by atoms with Gasteiger partial charge in [-0.2, -0.15) is 5.10 Å². The normalized spacial score (nSPS) is 13.2. The summed E-state index contributed by atoms with van der Waals surface area (Å²) >= 11 is 0. The van der Waals surface area contributed by atoms with E-state index >= 15 is 0 Å². The second kappa shape index (κ2) is 4.87. The monoisotopic (exact) mass is 168 g/mol. The average molecular weight is 168 g/mol. The van der Waals surface area contributed by atoms with E-state index in [0.717, 1.165) is 13.0 Å². The molecule has 0 amide bonds. The number of rotatable bonds is 5. The molecule has 0 bridgehead atoms. The second-order valence-electron chi connectivity index (χ2n) is 2.88. The van der Waals surface area contributed by atoms with Gasteiger partial charge in [-0.15, -0.1) is 0 Å². The van der Waals surface area contributed by atoms with E-state index in [4.69, 9.17) is 0 Å². The Labute approximate surface area is 73.0 Å². The summed E-state index contributed by atoms with van der Waals surface area (Å²) in [6.45, 7) is 3.14. The molecule has 1 heterocycles. The molecule has 0 saturated carbocycles. The molecule has 1 rings (SSSR count). The van der Waals surface area contributed by atoms with Crippen molar-refractivity contribution in [3.63, 3.8) is 0 Å². The summed E-state index contributed by atoms with van der Waals surface area (Å²) in [5, 5.41) is 7.27. The number of aromatic nitrogens is 3. The van der Waals surface area contributed by atoms with Gasteiger partial charge >= 0.3 is 0 Å². The van der Waals surface area contributed by atoms with E-state index in [9.17, 15) is 0 Å². The minimum Gasteiger partial charge on any atom is -0.318 e. The molecule has 0 radical (unpaired) electrons. The molecule has 12 heavy (non-hydrogen) atoms. The highest BCUT2D eigenvalue weighted by molar-refractivity contribution is 4.69. The lowest BCUT2D eigenvalue weighted by molar-refractivity contribution is 0.406. The lowest BCUT2D eigenvalue weighted by Crippen LogP contribution is -2.22. The van der Waals surface area contributed by atoms with Crippen LogP contribution < -0.4 is 5.32 Å². The van der Waals surface area contributed by atoms with Crippen LogP contribution in [0.25, 0.3) is 0 Å². The van der Waals surface area contributed by atoms with E-state index in [0.29, 0.717) is 6.04 Å². The van der Waals surface area contributed by atoms with Crippen molar-refractivity contribution in [3.8, 4) is 0 Å². The highest BCUT2D eigenvalue weighted by atomic mass is 15.3. The average Bonchev–Trinajstić information content (AvgIpc) is 2.56. The van der Waals surface area contributed by atoms with Crippen LogP contribution >= 0.6 is 0 Å². The summed E-state index contributed by atoms with van der Waals surface area (Å²) in [6, 6.07) is 0.447. The molecule has 0 saturated heterocycles. The van der Waals surface area contributed by atoms with Crippen LogP contribution in [0.1, 0.15) is 25.8 Å². The quantitative estimate of drug-likeness (QED) is 0.708. The molecular formula is C8H16N4. The van der Waals surface area contributed by atoms with Gasteiger partial charge in [0.25, 0.3) is 0 Å². The van der Waals surface area contributed by atoms with Gasteiger partial charge in [-0.05, 0) is 13.5 Å². The first-order valence-electron chi connectivity index (χ1n) is 4.37. The number of nitrogens with one attached hydrogen (secondary N) is 1. The SMILES string of the molecule is CCCC(CNC)n1cncn1. The summed E-state index contributed by atoms with van der Waals surface area (Å²) in [5.41, 5.74) is 0. The molecule has 4 heteroatoms. The molecule has 1 atom stereocenters. The minimum absolute atomic E-state index is 0.447. The fraction of sp³-hybridized carbons (Fsp3) is 0.750. The summed E-state index contributed by atoms with van der Waals surface area (Å²) in [4.78, 5) is 3.93. The van der Waals surface area contributed by atoms with Crippen LogP contribution in [0.3, 0.4) is 0 Å². The molecule has 1 aromatic heterocycles. The topological polar surface area (TPSA) is 42.7 Å². The van der Waals surface area contributed by atoms with Crippen molar-refractivity contribution >= 4 is 0 Å². The maximum Gasteiger partial charge on any atom is 0.137 e. The van der Waals surface area contributed by atoms with E-state index < -0.39 is 0 Å². The maximum absolute atomic E-state index is 4.12. The molecule has 68 valence electrons. The van der Waals surface area contributed by atoms with Crippen LogP contribution in [-0.2, 0) is 0 Å². The van der Waals surface area contributed by atoms with Crippen LogP contribution in [0.5, 0.6) is 0 Å². The number of likely N-dealkylation sites (N-methyl/N-ethyl adjacent to an activating group) is 1. The zero-order valence-corrected chi connectivity index (χ0v) is 7.70. The largest absolute Gasteiger partial charge is 0.318 e. The van der Waals surface area contributed by atoms with Gasteiger partial charge in [0.2, 0.25) is 0 Å². The number of nitrogens with zero attached hydrogens (tertiary/aromatic N) is 3. The summed E-state index contributed by atoms with van der Waals surface area (Å²) in [6.07, 6.45) is 5.67. The third kappa shape index (κ3) is 2.30. The highest BCUT2D eigenvalue weighted by Gasteiger charge is 2.08. The third-order valence-corrected chi connectivity index (χ3v) is 1.87. The molecule has 0 aromatic carbocycles. The lowest BCUT2D eigenvalue weighted by atomic mass is 10.2. The second-order valence-corrected chi connectivity index (χ2v) is 2.88. The number of hydrogen-bond donors (Lipinski definition) is 1. The van der Waals surface area contributed by atoms with Crippen LogP contribution in [-0.4, -0.2) is 28.4 Å². The summed E-state index contributed by atoms with van der Waals surface area (Å²) in [7, 11) is 1.96. The van der Waals surface area contributed by atoms with Gasteiger partial charge in [0.15, 0.2) is 0 Å². The van der Waals surface area contributed by atoms with Crippen LogP contribution in [0.15, 0.2) is 12.7 Å². The first-order chi connectivity index (χ1) is 5.88. The predicted octanol–water partition coefficient (Wildman–Crippen LogP) is 0.839. The van der Waals surface area contributed by atoms with Crippen molar-refractivity contribution in [3.05, 3.63) is 12.7 Å². The lowest BCUT2D eigenvalue weighted by Gasteiger charge is -2.14. The summed E-state index contributed by atoms with van der Waals surface area (Å²) < 4.78 is 1.92. The van der Waals surface area contributed by atoms with Gasteiger partial charge < -0.3 is 5.32 Å². The van der Waals surface area contributed by atoms with Crippen molar-refractivity contribution in [2.75, 3.05) is 13.6 Å². The smallest absolute Gasteiger partial charge is 0.137 e. The van der Waals surface area contributed by atoms with Crippen molar-refractivity contribution < 1.29 is 0 Å². The zero-order chi connectivity index (χ0) is 8.81. The molecule has 0 spiro atoms. The van der Waals surface area contributed by atoms with Crippen LogP contribution in [0.2, 0.25) is 0 Å². The fourth-order valence-electron chi connectivity index (χ4n) is 1.30. The van der Waals surface area contributed by atoms with Crippen molar-refractivity contribution in [1.82, 2.24) is 20.1 Å². The Morgan fingerprint density at radius 1 is 1.58 bits per heavy atom. The predicted molar refractivity (Wildman–Crippen MR) is 47.9 cm³/mol. The van der Waals surface area contributed by atoms with E-state index in [1.165, 1.54) is 6.42 Å². The Bertz CT molecular complexity index is 189. The first kappa shape index (κ1) is 9.19. The standard InChI is InChI=1S/C8H16N4/c1-3-4-8(5-9-2)12-7-10-6-11-12/h6-9H,3-5H2,1-2H3. The molecule has 0 aliphatic carbocycles. The molecule has 0 aliphatic heterocycles. The third-order valence-electron chi connectivity index (χ3n) is 1.87. The summed E-state index contributed by atoms with van der Waals surface area (Å²) in [5.74, 6) is 0. The Morgan fingerprint density at radius 3 is 2.92 bits per heavy atom.